The predicted octanol–water partition coefficient (Wildman–Crippen LogP) is 1.48. The molecule has 0 radical (unpaired) electrons. The van der Waals surface area contributed by atoms with Gasteiger partial charge in [0.1, 0.15) is 11.4 Å². The van der Waals surface area contributed by atoms with Crippen molar-refractivity contribution in [3.63, 3.8) is 0 Å². The number of nitrogens with two attached hydrogens (primary N) is 1. The third kappa shape index (κ3) is 1.79. The minimum Gasteiger partial charge on any atom is -0.366 e. The topological polar surface area (TPSA) is 84.4 Å². The Morgan fingerprint density at radius 2 is 2.06 bits per heavy atom. The number of hydrogen-bond donors (Lipinski definition) is 2. The van der Waals surface area contributed by atoms with Crippen molar-refractivity contribution >= 4 is 17.1 Å². The molecule has 6 nitrogen and oxygen atoms in total. The number of nitro benzene ring substituents is 1. The first kappa shape index (κ1) is 10.7. The molecule has 1 aliphatic heterocycles. The summed E-state index contributed by atoms with van der Waals surface area (Å²) in [6, 6.07) is 5.15. The predicted molar refractivity (Wildman–Crippen MR) is 62.4 cm³/mol. The maximum Gasteiger partial charge on any atom is 0.316 e. The Labute approximate surface area is 93.2 Å². The number of para-hydroxylation sites is 1. The average Bonchev–Trinajstić information content (AvgIpc) is 2.81. The molecule has 0 atom stereocenters. The van der Waals surface area contributed by atoms with Crippen LogP contribution in [0.15, 0.2) is 18.2 Å². The molecule has 1 aliphatic rings. The summed E-state index contributed by atoms with van der Waals surface area (Å²) in [7, 11) is 0. The van der Waals surface area contributed by atoms with Crippen LogP contribution >= 0.6 is 0 Å². The van der Waals surface area contributed by atoms with Crippen molar-refractivity contribution in [3.8, 4) is 0 Å². The zero-order chi connectivity index (χ0) is 11.5. The molecule has 3 N–H and O–H groups in total. The van der Waals surface area contributed by atoms with Crippen molar-refractivity contribution in [2.45, 2.75) is 12.8 Å². The minimum absolute atomic E-state index is 0.0619. The summed E-state index contributed by atoms with van der Waals surface area (Å²) in [6.45, 7) is 1.74. The molecule has 0 amide bonds. The zero-order valence-electron chi connectivity index (χ0n) is 8.85. The highest BCUT2D eigenvalue weighted by Gasteiger charge is 2.24. The number of nitrogens with one attached hydrogen (secondary N) is 1. The summed E-state index contributed by atoms with van der Waals surface area (Å²) >= 11 is 0. The van der Waals surface area contributed by atoms with Crippen molar-refractivity contribution in [2.75, 3.05) is 23.4 Å². The van der Waals surface area contributed by atoms with E-state index in [0.717, 1.165) is 25.9 Å². The molecule has 6 heteroatoms. The third-order valence-electron chi connectivity index (χ3n) is 2.80. The first-order chi connectivity index (χ1) is 7.74. The molecule has 1 saturated heterocycles. The van der Waals surface area contributed by atoms with Crippen LogP contribution in [0.2, 0.25) is 0 Å². The highest BCUT2D eigenvalue weighted by Crippen LogP contribution is 2.36. The molecule has 0 aliphatic carbocycles. The second-order valence-corrected chi connectivity index (χ2v) is 3.77. The molecule has 2 rings (SSSR count). The van der Waals surface area contributed by atoms with E-state index in [1.807, 2.05) is 4.90 Å². The van der Waals surface area contributed by atoms with Crippen LogP contribution in [0, 0.1) is 10.1 Å². The average molecular weight is 222 g/mol. The standard InChI is InChI=1S/C10H14N4O2/c11-12-8-4-3-5-9(10(8)14(15)16)13-6-1-2-7-13/h3-5,12H,1-2,6-7,11H2. The Balaban J connectivity index is 2.46. The molecular weight excluding hydrogens is 208 g/mol. The van der Waals surface area contributed by atoms with Gasteiger partial charge in [0.2, 0.25) is 0 Å². The number of rotatable bonds is 3. The van der Waals surface area contributed by atoms with Gasteiger partial charge in [-0.3, -0.25) is 16.0 Å². The van der Waals surface area contributed by atoms with Crippen molar-refractivity contribution in [1.82, 2.24) is 0 Å². The first-order valence-electron chi connectivity index (χ1n) is 5.23. The minimum atomic E-state index is -0.386. The Kier molecular flexibility index (Phi) is 2.91. The smallest absolute Gasteiger partial charge is 0.316 e. The SMILES string of the molecule is NNc1cccc(N2CCCC2)c1[N+](=O)[O-]. The molecule has 0 spiro atoms. The van der Waals surface area contributed by atoms with Crippen molar-refractivity contribution in [2.24, 2.45) is 5.84 Å². The molecule has 1 heterocycles. The van der Waals surface area contributed by atoms with Crippen LogP contribution in [0.4, 0.5) is 17.1 Å². The van der Waals surface area contributed by atoms with Gasteiger partial charge in [-0.1, -0.05) is 6.07 Å². The highest BCUT2D eigenvalue weighted by molar-refractivity contribution is 5.76. The molecule has 1 fully saturated rings. The normalized spacial score (nSPS) is 15.2. The Hall–Kier alpha value is -1.82. The van der Waals surface area contributed by atoms with Gasteiger partial charge in [-0.2, -0.15) is 0 Å². The van der Waals surface area contributed by atoms with E-state index < -0.39 is 0 Å². The Morgan fingerprint density at radius 1 is 1.38 bits per heavy atom. The Morgan fingerprint density at radius 3 is 2.62 bits per heavy atom. The van der Waals surface area contributed by atoms with Crippen LogP contribution in [0.3, 0.4) is 0 Å². The van der Waals surface area contributed by atoms with E-state index in [0.29, 0.717) is 11.4 Å². The lowest BCUT2D eigenvalue weighted by atomic mass is 10.2. The first-order valence-corrected chi connectivity index (χ1v) is 5.23. The van der Waals surface area contributed by atoms with Gasteiger partial charge in [0.25, 0.3) is 0 Å². The number of anilines is 2. The van der Waals surface area contributed by atoms with Gasteiger partial charge >= 0.3 is 5.69 Å². The van der Waals surface area contributed by atoms with Gasteiger partial charge in [0.05, 0.1) is 4.92 Å². The molecule has 0 aromatic heterocycles. The van der Waals surface area contributed by atoms with E-state index in [1.165, 1.54) is 0 Å². The van der Waals surface area contributed by atoms with E-state index in [4.69, 9.17) is 5.84 Å². The quantitative estimate of drug-likeness (QED) is 0.459. The lowest BCUT2D eigenvalue weighted by Gasteiger charge is -2.18. The maximum atomic E-state index is 11.0. The van der Waals surface area contributed by atoms with Crippen LogP contribution in [0.25, 0.3) is 0 Å². The number of nitrogens with zero attached hydrogens (tertiary/aromatic N) is 2. The van der Waals surface area contributed by atoms with Crippen LogP contribution in [0.5, 0.6) is 0 Å². The van der Waals surface area contributed by atoms with Gasteiger partial charge in [-0.25, -0.2) is 0 Å². The van der Waals surface area contributed by atoms with E-state index in [-0.39, 0.29) is 10.6 Å². The maximum absolute atomic E-state index is 11.0. The summed E-state index contributed by atoms with van der Waals surface area (Å²) in [5.41, 5.74) is 3.44. The van der Waals surface area contributed by atoms with E-state index in [1.54, 1.807) is 18.2 Å². The zero-order valence-corrected chi connectivity index (χ0v) is 8.85. The van der Waals surface area contributed by atoms with Gasteiger partial charge in [-0.05, 0) is 25.0 Å². The number of nitrogen functional groups attached to an aromatic ring is 1. The highest BCUT2D eigenvalue weighted by atomic mass is 16.6. The lowest BCUT2D eigenvalue weighted by molar-refractivity contribution is -0.383. The van der Waals surface area contributed by atoms with Crippen LogP contribution < -0.4 is 16.2 Å². The van der Waals surface area contributed by atoms with Gasteiger partial charge in [-0.15, -0.1) is 0 Å². The molecule has 16 heavy (non-hydrogen) atoms. The molecule has 0 bridgehead atoms. The summed E-state index contributed by atoms with van der Waals surface area (Å²) in [5.74, 6) is 5.28. The van der Waals surface area contributed by atoms with Crippen LogP contribution in [0.1, 0.15) is 12.8 Å². The van der Waals surface area contributed by atoms with Crippen LogP contribution in [-0.4, -0.2) is 18.0 Å². The van der Waals surface area contributed by atoms with E-state index in [9.17, 15) is 10.1 Å². The monoisotopic (exact) mass is 222 g/mol. The molecule has 0 unspecified atom stereocenters. The molecule has 86 valence electrons. The third-order valence-corrected chi connectivity index (χ3v) is 2.80. The van der Waals surface area contributed by atoms with Crippen LogP contribution in [-0.2, 0) is 0 Å². The van der Waals surface area contributed by atoms with Gasteiger partial charge in [0.15, 0.2) is 0 Å². The number of hydrazine groups is 1. The fourth-order valence-electron chi connectivity index (χ4n) is 2.05. The van der Waals surface area contributed by atoms with E-state index >= 15 is 0 Å². The Bertz CT molecular complexity index is 402. The summed E-state index contributed by atoms with van der Waals surface area (Å²) < 4.78 is 0. The number of benzene rings is 1. The van der Waals surface area contributed by atoms with Crippen molar-refractivity contribution in [3.05, 3.63) is 28.3 Å². The molecule has 1 aromatic rings. The second-order valence-electron chi connectivity index (χ2n) is 3.77. The lowest BCUT2D eigenvalue weighted by Crippen LogP contribution is -2.20. The fraction of sp³-hybridized carbons (Fsp3) is 0.400. The molecule has 0 saturated carbocycles. The summed E-state index contributed by atoms with van der Waals surface area (Å²) in [6.07, 6.45) is 2.16. The summed E-state index contributed by atoms with van der Waals surface area (Å²) in [5, 5.41) is 11.0. The van der Waals surface area contributed by atoms with Gasteiger partial charge in [0, 0.05) is 13.1 Å². The van der Waals surface area contributed by atoms with E-state index in [2.05, 4.69) is 5.43 Å². The molecular formula is C10H14N4O2. The fourth-order valence-corrected chi connectivity index (χ4v) is 2.05. The summed E-state index contributed by atoms with van der Waals surface area (Å²) in [4.78, 5) is 12.7. The van der Waals surface area contributed by atoms with Crippen molar-refractivity contribution in [1.29, 1.82) is 0 Å². The number of nitro groups is 1. The second kappa shape index (κ2) is 4.36. The molecule has 1 aromatic carbocycles. The number of hydrogen-bond acceptors (Lipinski definition) is 5. The largest absolute Gasteiger partial charge is 0.366 e. The van der Waals surface area contributed by atoms with Crippen molar-refractivity contribution < 1.29 is 4.92 Å². The van der Waals surface area contributed by atoms with Gasteiger partial charge < -0.3 is 10.3 Å².